The van der Waals surface area contributed by atoms with Gasteiger partial charge in [0, 0.05) is 11.7 Å². The zero-order chi connectivity index (χ0) is 29.0. The van der Waals surface area contributed by atoms with Crippen LogP contribution in [0.25, 0.3) is 0 Å². The monoisotopic (exact) mass is 567 g/mol. The van der Waals surface area contributed by atoms with Gasteiger partial charge < -0.3 is 31.0 Å². The van der Waals surface area contributed by atoms with E-state index in [9.17, 15) is 14.4 Å². The second kappa shape index (κ2) is 12.2. The molecule has 3 amide bonds. The van der Waals surface area contributed by atoms with Gasteiger partial charge in [0.05, 0.1) is 27.0 Å². The van der Waals surface area contributed by atoms with Crippen molar-refractivity contribution in [3.05, 3.63) is 58.1 Å². The second-order valence-corrected chi connectivity index (χ2v) is 10.2. The quantitative estimate of drug-likeness (QED) is 0.335. The van der Waals surface area contributed by atoms with Crippen LogP contribution >= 0.6 is 11.5 Å². The molecular weight excluding hydrogens is 534 g/mol. The van der Waals surface area contributed by atoms with Gasteiger partial charge in [-0.2, -0.15) is 4.37 Å². The molecule has 212 valence electrons. The number of primary amides is 1. The van der Waals surface area contributed by atoms with Crippen molar-refractivity contribution in [3.63, 3.8) is 0 Å². The molecule has 2 aromatic carbocycles. The van der Waals surface area contributed by atoms with Gasteiger partial charge in [-0.3, -0.25) is 19.3 Å². The highest BCUT2D eigenvalue weighted by molar-refractivity contribution is 7.09. The van der Waals surface area contributed by atoms with E-state index in [0.717, 1.165) is 42.8 Å². The van der Waals surface area contributed by atoms with E-state index in [1.165, 1.54) is 26.2 Å². The first kappa shape index (κ1) is 28.7. The van der Waals surface area contributed by atoms with Crippen molar-refractivity contribution in [2.75, 3.05) is 32.0 Å². The number of carbonyl (C=O) groups excluding carboxylic acids is 3. The first-order valence-corrected chi connectivity index (χ1v) is 13.5. The molecule has 0 spiro atoms. The Kier molecular flexibility index (Phi) is 8.78. The van der Waals surface area contributed by atoms with Gasteiger partial charge in [0.2, 0.25) is 11.7 Å². The lowest BCUT2D eigenvalue weighted by Gasteiger charge is -2.33. The zero-order valence-corrected chi connectivity index (χ0v) is 23.7. The highest BCUT2D eigenvalue weighted by atomic mass is 32.1. The number of rotatable bonds is 10. The molecule has 1 fully saturated rings. The molecule has 11 nitrogen and oxygen atoms in total. The smallest absolute Gasteiger partial charge is 0.273 e. The van der Waals surface area contributed by atoms with E-state index in [2.05, 4.69) is 9.69 Å². The van der Waals surface area contributed by atoms with Crippen molar-refractivity contribution in [1.29, 1.82) is 0 Å². The topological polar surface area (TPSA) is 159 Å². The van der Waals surface area contributed by atoms with E-state index < -0.39 is 23.8 Å². The molecule has 1 unspecified atom stereocenters. The summed E-state index contributed by atoms with van der Waals surface area (Å²) in [6.45, 7) is 1.83. The van der Waals surface area contributed by atoms with Gasteiger partial charge in [0.1, 0.15) is 10.9 Å². The van der Waals surface area contributed by atoms with Crippen LogP contribution < -0.4 is 35.9 Å². The largest absolute Gasteiger partial charge is 0.493 e. The van der Waals surface area contributed by atoms with E-state index in [4.69, 9.17) is 25.7 Å². The van der Waals surface area contributed by atoms with Crippen LogP contribution in [-0.2, 0) is 4.79 Å². The molecule has 1 heterocycles. The molecule has 1 saturated carbocycles. The molecule has 0 saturated heterocycles. The number of methoxy groups -OCH3 is 3. The van der Waals surface area contributed by atoms with Crippen molar-refractivity contribution >= 4 is 40.6 Å². The number of aryl methyl sites for hydroxylation is 1. The lowest BCUT2D eigenvalue weighted by atomic mass is 9.99. The Balaban J connectivity index is 1.96. The van der Waals surface area contributed by atoms with Crippen LogP contribution in [0, 0.1) is 6.92 Å². The fraction of sp³-hybridized carbons (Fsp3) is 0.357. The number of amides is 3. The summed E-state index contributed by atoms with van der Waals surface area (Å²) >= 11 is 0.752. The second-order valence-electron chi connectivity index (χ2n) is 9.45. The molecule has 1 aromatic heterocycles. The van der Waals surface area contributed by atoms with Crippen LogP contribution in [0.5, 0.6) is 17.2 Å². The molecule has 1 atom stereocenters. The number of anilines is 2. The lowest BCUT2D eigenvalue weighted by molar-refractivity contribution is -0.123. The summed E-state index contributed by atoms with van der Waals surface area (Å²) in [5.41, 5.74) is 12.9. The molecule has 4 rings (SSSR count). The van der Waals surface area contributed by atoms with Crippen molar-refractivity contribution in [2.24, 2.45) is 5.73 Å². The van der Waals surface area contributed by atoms with Gasteiger partial charge in [0.25, 0.3) is 11.8 Å². The van der Waals surface area contributed by atoms with Gasteiger partial charge in [-0.1, -0.05) is 31.0 Å². The van der Waals surface area contributed by atoms with Gasteiger partial charge in [0.15, 0.2) is 17.2 Å². The van der Waals surface area contributed by atoms with Crippen LogP contribution in [0.1, 0.15) is 63.0 Å². The van der Waals surface area contributed by atoms with Crippen LogP contribution in [-0.4, -0.2) is 49.5 Å². The minimum absolute atomic E-state index is 0.0110. The summed E-state index contributed by atoms with van der Waals surface area (Å²) in [4.78, 5) is 41.7. The molecule has 40 heavy (non-hydrogen) atoms. The molecule has 12 heteroatoms. The van der Waals surface area contributed by atoms with E-state index in [0.29, 0.717) is 28.5 Å². The zero-order valence-electron chi connectivity index (χ0n) is 22.9. The van der Waals surface area contributed by atoms with Gasteiger partial charge in [-0.25, -0.2) is 0 Å². The number of nitrogens with one attached hydrogen (secondary N) is 1. The molecule has 0 aliphatic heterocycles. The fourth-order valence-electron chi connectivity index (χ4n) is 4.97. The Morgan fingerprint density at radius 2 is 1.68 bits per heavy atom. The van der Waals surface area contributed by atoms with E-state index >= 15 is 0 Å². The standard InChI is InChI=1S/C28H33N5O6S/c1-15-9-5-8-12-18(15)33(28(36)25-21(29)22(26(30)34)32-40-25)23(27(35)31-17-10-6-7-11-17)16-13-19(37-2)24(39-4)20(14-16)38-3/h5,8-9,12-14,17,23H,6-7,10-11,29H2,1-4H3,(H2,30,34)(H,31,35). The molecule has 0 bridgehead atoms. The van der Waals surface area contributed by atoms with Crippen LogP contribution in [0.3, 0.4) is 0 Å². The number of ether oxygens (including phenoxy) is 3. The maximum Gasteiger partial charge on any atom is 0.273 e. The van der Waals surface area contributed by atoms with Gasteiger partial charge in [-0.05, 0) is 60.6 Å². The number of para-hydroxylation sites is 1. The van der Waals surface area contributed by atoms with Gasteiger partial charge in [-0.15, -0.1) is 0 Å². The van der Waals surface area contributed by atoms with E-state index in [-0.39, 0.29) is 22.3 Å². The summed E-state index contributed by atoms with van der Waals surface area (Å²) < 4.78 is 20.6. The third-order valence-electron chi connectivity index (χ3n) is 6.96. The summed E-state index contributed by atoms with van der Waals surface area (Å²) in [7, 11) is 4.43. The number of carbonyl (C=O) groups is 3. The molecule has 5 N–H and O–H groups in total. The van der Waals surface area contributed by atoms with Crippen molar-refractivity contribution in [3.8, 4) is 17.2 Å². The summed E-state index contributed by atoms with van der Waals surface area (Å²) in [6, 6.07) is 9.26. The lowest BCUT2D eigenvalue weighted by Crippen LogP contribution is -2.46. The average molecular weight is 568 g/mol. The van der Waals surface area contributed by atoms with Crippen molar-refractivity contribution < 1.29 is 28.6 Å². The summed E-state index contributed by atoms with van der Waals surface area (Å²) in [6.07, 6.45) is 3.70. The van der Waals surface area contributed by atoms with Crippen LogP contribution in [0.2, 0.25) is 0 Å². The molecule has 3 aromatic rings. The number of nitrogens with zero attached hydrogens (tertiary/aromatic N) is 2. The average Bonchev–Trinajstić information content (AvgIpc) is 3.60. The van der Waals surface area contributed by atoms with Gasteiger partial charge >= 0.3 is 0 Å². The van der Waals surface area contributed by atoms with Crippen LogP contribution in [0.15, 0.2) is 36.4 Å². The van der Waals surface area contributed by atoms with Crippen molar-refractivity contribution in [1.82, 2.24) is 9.69 Å². The molecule has 1 aliphatic rings. The predicted molar refractivity (Wildman–Crippen MR) is 152 cm³/mol. The Labute approximate surface area is 236 Å². The molecule has 0 radical (unpaired) electrons. The van der Waals surface area contributed by atoms with E-state index in [1.807, 2.05) is 19.1 Å². The Morgan fingerprint density at radius 1 is 1.05 bits per heavy atom. The Morgan fingerprint density at radius 3 is 2.20 bits per heavy atom. The summed E-state index contributed by atoms with van der Waals surface area (Å²) in [5.74, 6) is -0.874. The number of benzene rings is 2. The van der Waals surface area contributed by atoms with E-state index in [1.54, 1.807) is 24.3 Å². The first-order chi connectivity index (χ1) is 19.2. The fourth-order valence-corrected chi connectivity index (χ4v) is 5.71. The summed E-state index contributed by atoms with van der Waals surface area (Å²) in [5, 5.41) is 3.13. The third kappa shape index (κ3) is 5.53. The highest BCUT2D eigenvalue weighted by Crippen LogP contribution is 2.43. The molecule has 1 aliphatic carbocycles. The predicted octanol–water partition coefficient (Wildman–Crippen LogP) is 3.61. The van der Waals surface area contributed by atoms with Crippen LogP contribution in [0.4, 0.5) is 11.4 Å². The normalized spacial score (nSPS) is 13.9. The maximum absolute atomic E-state index is 14.3. The number of hydrogen-bond acceptors (Lipinski definition) is 9. The minimum Gasteiger partial charge on any atom is -0.493 e. The highest BCUT2D eigenvalue weighted by Gasteiger charge is 2.38. The number of aromatic nitrogens is 1. The SMILES string of the molecule is COc1cc(C(C(=O)NC2CCCC2)N(C(=O)c2snc(C(N)=O)c2N)c2ccccc2C)cc(OC)c1OC. The third-order valence-corrected chi connectivity index (χ3v) is 7.81. The molecular formula is C28H33N5O6S. The Hall–Kier alpha value is -4.32. The minimum atomic E-state index is -1.18. The number of hydrogen-bond donors (Lipinski definition) is 3. The number of nitrogens with two attached hydrogens (primary N) is 2. The van der Waals surface area contributed by atoms with Crippen molar-refractivity contribution in [2.45, 2.75) is 44.7 Å². The Bertz CT molecular complexity index is 1390. The maximum atomic E-state index is 14.3. The first-order valence-electron chi connectivity index (χ1n) is 12.8. The number of nitrogen functional groups attached to an aromatic ring is 1.